The summed E-state index contributed by atoms with van der Waals surface area (Å²) < 4.78 is 1.16. The lowest BCUT2D eigenvalue weighted by Crippen LogP contribution is -1.88. The van der Waals surface area contributed by atoms with Gasteiger partial charge in [-0.05, 0) is 17.5 Å². The summed E-state index contributed by atoms with van der Waals surface area (Å²) in [6, 6.07) is 8.22. The molecule has 1 aromatic rings. The normalized spacial score (nSPS) is 12.5. The van der Waals surface area contributed by atoms with Crippen molar-refractivity contribution < 1.29 is 0 Å². The van der Waals surface area contributed by atoms with Gasteiger partial charge in [0.2, 0.25) is 0 Å². The molecule has 0 fully saturated rings. The molecule has 0 nitrogen and oxygen atoms in total. The van der Waals surface area contributed by atoms with Crippen molar-refractivity contribution in [1.82, 2.24) is 0 Å². The van der Waals surface area contributed by atoms with Gasteiger partial charge in [-0.3, -0.25) is 0 Å². The summed E-state index contributed by atoms with van der Waals surface area (Å²) in [4.78, 5) is 0. The molecule has 1 aromatic carbocycles. The van der Waals surface area contributed by atoms with E-state index in [1.54, 1.807) is 0 Å². The second-order valence-corrected chi connectivity index (χ2v) is 3.40. The molecule has 58 valence electrons. The maximum Gasteiger partial charge on any atom is 0.0213 e. The molecule has 0 radical (unpaired) electrons. The molecule has 0 aliphatic rings. The highest BCUT2D eigenvalue weighted by Crippen LogP contribution is 2.24. The first-order valence-corrected chi connectivity index (χ1v) is 4.42. The molecule has 1 rings (SSSR count). The summed E-state index contributed by atoms with van der Waals surface area (Å²) in [6.07, 6.45) is 1.94. The van der Waals surface area contributed by atoms with Crippen molar-refractivity contribution in [3.8, 4) is 0 Å². The van der Waals surface area contributed by atoms with Gasteiger partial charge in [-0.25, -0.2) is 0 Å². The lowest BCUT2D eigenvalue weighted by molar-refractivity contribution is 0.963. The van der Waals surface area contributed by atoms with Crippen LogP contribution in [0.1, 0.15) is 18.4 Å². The topological polar surface area (TPSA) is 0 Å². The summed E-state index contributed by atoms with van der Waals surface area (Å²) in [5, 5.41) is 0. The van der Waals surface area contributed by atoms with Gasteiger partial charge in [0.05, 0.1) is 0 Å². The minimum atomic E-state index is 0.422. The summed E-state index contributed by atoms with van der Waals surface area (Å²) in [5.41, 5.74) is 1.29. The standard InChI is InChI=1S/C10H11Br/c1-3-8(2)9-6-4-5-7-10(9)11/h3-8H,1H2,2H3. The summed E-state index contributed by atoms with van der Waals surface area (Å²) in [6.45, 7) is 5.89. The third kappa shape index (κ3) is 1.93. The van der Waals surface area contributed by atoms with Crippen LogP contribution in [-0.4, -0.2) is 0 Å². The van der Waals surface area contributed by atoms with Gasteiger partial charge in [-0.1, -0.05) is 47.1 Å². The van der Waals surface area contributed by atoms with Gasteiger partial charge >= 0.3 is 0 Å². The van der Waals surface area contributed by atoms with E-state index in [2.05, 4.69) is 41.6 Å². The Bertz CT molecular complexity index is 253. The van der Waals surface area contributed by atoms with E-state index >= 15 is 0 Å². The van der Waals surface area contributed by atoms with E-state index in [0.29, 0.717) is 5.92 Å². The Kier molecular flexibility index (Phi) is 2.89. The molecule has 11 heavy (non-hydrogen) atoms. The Morgan fingerprint density at radius 1 is 1.45 bits per heavy atom. The highest BCUT2D eigenvalue weighted by molar-refractivity contribution is 9.10. The molecule has 0 spiro atoms. The Morgan fingerprint density at radius 3 is 2.64 bits per heavy atom. The fourth-order valence-corrected chi connectivity index (χ4v) is 1.62. The van der Waals surface area contributed by atoms with Gasteiger partial charge in [0, 0.05) is 4.47 Å². The van der Waals surface area contributed by atoms with E-state index in [1.165, 1.54) is 5.56 Å². The highest BCUT2D eigenvalue weighted by Gasteiger charge is 2.02. The van der Waals surface area contributed by atoms with Crippen LogP contribution < -0.4 is 0 Å². The molecular weight excluding hydrogens is 200 g/mol. The molecule has 0 amide bonds. The molecule has 1 heteroatoms. The minimum Gasteiger partial charge on any atom is -0.102 e. The predicted molar refractivity (Wildman–Crippen MR) is 52.8 cm³/mol. The third-order valence-corrected chi connectivity index (χ3v) is 2.47. The molecule has 0 aliphatic carbocycles. The number of rotatable bonds is 2. The zero-order chi connectivity index (χ0) is 8.27. The van der Waals surface area contributed by atoms with Crippen LogP contribution >= 0.6 is 15.9 Å². The molecule has 0 bridgehead atoms. The summed E-state index contributed by atoms with van der Waals surface area (Å²) in [5.74, 6) is 0.422. The smallest absolute Gasteiger partial charge is 0.0213 e. The molecule has 0 N–H and O–H groups in total. The van der Waals surface area contributed by atoms with E-state index in [9.17, 15) is 0 Å². The van der Waals surface area contributed by atoms with Gasteiger partial charge in [0.15, 0.2) is 0 Å². The van der Waals surface area contributed by atoms with Crippen LogP contribution in [-0.2, 0) is 0 Å². The first-order valence-electron chi connectivity index (χ1n) is 3.62. The lowest BCUT2D eigenvalue weighted by atomic mass is 10.0. The van der Waals surface area contributed by atoms with Crippen LogP contribution in [0.2, 0.25) is 0 Å². The van der Waals surface area contributed by atoms with Crippen LogP contribution in [0, 0.1) is 0 Å². The zero-order valence-electron chi connectivity index (χ0n) is 6.55. The number of hydrogen-bond acceptors (Lipinski definition) is 0. The van der Waals surface area contributed by atoms with Crippen molar-refractivity contribution in [3.05, 3.63) is 47.0 Å². The van der Waals surface area contributed by atoms with Crippen LogP contribution in [0.4, 0.5) is 0 Å². The molecule has 1 unspecified atom stereocenters. The molecule has 0 aliphatic heterocycles. The van der Waals surface area contributed by atoms with E-state index in [-0.39, 0.29) is 0 Å². The average molecular weight is 211 g/mol. The van der Waals surface area contributed by atoms with E-state index < -0.39 is 0 Å². The molecule has 0 saturated heterocycles. The quantitative estimate of drug-likeness (QED) is 0.653. The van der Waals surface area contributed by atoms with Gasteiger partial charge < -0.3 is 0 Å². The first-order chi connectivity index (χ1) is 5.25. The maximum absolute atomic E-state index is 3.76. The van der Waals surface area contributed by atoms with Crippen molar-refractivity contribution in [2.45, 2.75) is 12.8 Å². The maximum atomic E-state index is 3.76. The van der Waals surface area contributed by atoms with E-state index in [1.807, 2.05) is 18.2 Å². The molecule has 0 saturated carbocycles. The highest BCUT2D eigenvalue weighted by atomic mass is 79.9. The third-order valence-electron chi connectivity index (χ3n) is 1.75. The summed E-state index contributed by atoms with van der Waals surface area (Å²) >= 11 is 3.49. The second kappa shape index (κ2) is 3.72. The average Bonchev–Trinajstić information content (AvgIpc) is 2.04. The predicted octanol–water partition coefficient (Wildman–Crippen LogP) is 3.74. The minimum absolute atomic E-state index is 0.422. The van der Waals surface area contributed by atoms with Crippen molar-refractivity contribution in [2.75, 3.05) is 0 Å². The Labute approximate surface area is 76.1 Å². The largest absolute Gasteiger partial charge is 0.102 e. The van der Waals surface area contributed by atoms with Crippen molar-refractivity contribution in [2.24, 2.45) is 0 Å². The van der Waals surface area contributed by atoms with Crippen molar-refractivity contribution in [1.29, 1.82) is 0 Å². The Morgan fingerprint density at radius 2 is 2.09 bits per heavy atom. The van der Waals surface area contributed by atoms with Gasteiger partial charge in [0.25, 0.3) is 0 Å². The summed E-state index contributed by atoms with van der Waals surface area (Å²) in [7, 11) is 0. The fraction of sp³-hybridized carbons (Fsp3) is 0.200. The fourth-order valence-electron chi connectivity index (χ4n) is 0.971. The monoisotopic (exact) mass is 210 g/mol. The SMILES string of the molecule is C=CC(C)c1ccccc1Br. The van der Waals surface area contributed by atoms with Crippen LogP contribution in [0.15, 0.2) is 41.4 Å². The van der Waals surface area contributed by atoms with E-state index in [0.717, 1.165) is 4.47 Å². The number of allylic oxidation sites excluding steroid dienone is 1. The number of benzene rings is 1. The van der Waals surface area contributed by atoms with Crippen LogP contribution in [0.3, 0.4) is 0 Å². The molecule has 1 atom stereocenters. The Balaban J connectivity index is 3.02. The molecule has 0 aromatic heterocycles. The lowest BCUT2D eigenvalue weighted by Gasteiger charge is -2.07. The van der Waals surface area contributed by atoms with Crippen molar-refractivity contribution in [3.63, 3.8) is 0 Å². The Hall–Kier alpha value is -0.560. The van der Waals surface area contributed by atoms with Gasteiger partial charge in [0.1, 0.15) is 0 Å². The van der Waals surface area contributed by atoms with Crippen LogP contribution in [0.25, 0.3) is 0 Å². The zero-order valence-corrected chi connectivity index (χ0v) is 8.14. The molecular formula is C10H11Br. The second-order valence-electron chi connectivity index (χ2n) is 2.55. The number of hydrogen-bond donors (Lipinski definition) is 0. The van der Waals surface area contributed by atoms with Gasteiger partial charge in [-0.2, -0.15) is 0 Å². The van der Waals surface area contributed by atoms with E-state index in [4.69, 9.17) is 0 Å². The van der Waals surface area contributed by atoms with Gasteiger partial charge in [-0.15, -0.1) is 6.58 Å². The first kappa shape index (κ1) is 8.54. The number of halogens is 1. The van der Waals surface area contributed by atoms with Crippen molar-refractivity contribution >= 4 is 15.9 Å². The molecule has 0 heterocycles. The van der Waals surface area contributed by atoms with Crippen LogP contribution in [0.5, 0.6) is 0 Å².